The van der Waals surface area contributed by atoms with Gasteiger partial charge in [0.05, 0.1) is 11.5 Å². The molecule has 1 aromatic carbocycles. The van der Waals surface area contributed by atoms with Crippen molar-refractivity contribution in [3.05, 3.63) is 29.8 Å². The highest BCUT2D eigenvalue weighted by Crippen LogP contribution is 2.19. The van der Waals surface area contributed by atoms with Gasteiger partial charge in [-0.15, -0.1) is 0 Å². The fourth-order valence-electron chi connectivity index (χ4n) is 2.16. The molecule has 20 heavy (non-hydrogen) atoms. The van der Waals surface area contributed by atoms with Crippen molar-refractivity contribution >= 4 is 10.0 Å². The number of benzene rings is 1. The maximum absolute atomic E-state index is 13.1. The minimum atomic E-state index is -3.88. The van der Waals surface area contributed by atoms with E-state index in [0.717, 1.165) is 12.1 Å². The summed E-state index contributed by atoms with van der Waals surface area (Å²) < 4.78 is 52.0. The molecule has 1 aliphatic rings. The van der Waals surface area contributed by atoms with Crippen LogP contribution in [0.2, 0.25) is 0 Å². The van der Waals surface area contributed by atoms with Crippen molar-refractivity contribution < 1.29 is 22.3 Å². The third kappa shape index (κ3) is 3.32. The molecule has 1 saturated heterocycles. The number of piperazine rings is 1. The van der Waals surface area contributed by atoms with Gasteiger partial charge in [0.25, 0.3) is 0 Å². The molecule has 0 spiro atoms. The molecule has 112 valence electrons. The van der Waals surface area contributed by atoms with E-state index in [-0.39, 0.29) is 24.6 Å². The number of sulfonamides is 1. The highest BCUT2D eigenvalue weighted by atomic mass is 32.2. The van der Waals surface area contributed by atoms with Crippen molar-refractivity contribution in [2.45, 2.75) is 4.90 Å². The van der Waals surface area contributed by atoms with Crippen molar-refractivity contribution in [1.29, 1.82) is 0 Å². The first-order valence-electron chi connectivity index (χ1n) is 6.23. The smallest absolute Gasteiger partial charge is 0.243 e. The lowest BCUT2D eigenvalue weighted by atomic mass is 10.3. The molecule has 0 atom stereocenters. The van der Waals surface area contributed by atoms with Crippen molar-refractivity contribution in [2.24, 2.45) is 0 Å². The fourth-order valence-corrected chi connectivity index (χ4v) is 3.63. The van der Waals surface area contributed by atoms with Crippen LogP contribution in [0.1, 0.15) is 0 Å². The Morgan fingerprint density at radius 1 is 1.05 bits per heavy atom. The summed E-state index contributed by atoms with van der Waals surface area (Å²) in [6.45, 7) is 1.94. The molecule has 0 saturated carbocycles. The average Bonchev–Trinajstić information content (AvgIpc) is 2.38. The summed E-state index contributed by atoms with van der Waals surface area (Å²) in [5.74, 6) is -1.83. The molecule has 0 bridgehead atoms. The lowest BCUT2D eigenvalue weighted by molar-refractivity contribution is 0.151. The standard InChI is InChI=1S/C12H16F2N2O3S/c13-10-7-11(14)9-12(8-10)20(18,19)16-3-1-15(2-4-16)5-6-17/h7-9,17H,1-6H2. The zero-order valence-electron chi connectivity index (χ0n) is 10.8. The molecule has 1 heterocycles. The van der Waals surface area contributed by atoms with Crippen LogP contribution < -0.4 is 0 Å². The maximum Gasteiger partial charge on any atom is 0.243 e. The minimum absolute atomic E-state index is 0.0157. The lowest BCUT2D eigenvalue weighted by Gasteiger charge is -2.33. The summed E-state index contributed by atoms with van der Waals surface area (Å²) in [6, 6.07) is 2.27. The third-order valence-corrected chi connectivity index (χ3v) is 5.10. The second-order valence-corrected chi connectivity index (χ2v) is 6.51. The van der Waals surface area contributed by atoms with Crippen LogP contribution in [-0.2, 0) is 10.0 Å². The van der Waals surface area contributed by atoms with E-state index in [9.17, 15) is 17.2 Å². The predicted molar refractivity (Wildman–Crippen MR) is 68.6 cm³/mol. The third-order valence-electron chi connectivity index (χ3n) is 3.22. The Kier molecular flexibility index (Phi) is 4.69. The van der Waals surface area contributed by atoms with E-state index in [1.807, 2.05) is 4.90 Å². The molecule has 1 aliphatic heterocycles. The zero-order valence-corrected chi connectivity index (χ0v) is 11.6. The van der Waals surface area contributed by atoms with Gasteiger partial charge in [0.15, 0.2) is 0 Å². The van der Waals surface area contributed by atoms with Crippen LogP contribution in [0, 0.1) is 11.6 Å². The van der Waals surface area contributed by atoms with Gasteiger partial charge in [-0.05, 0) is 12.1 Å². The zero-order chi connectivity index (χ0) is 14.8. The van der Waals surface area contributed by atoms with Crippen LogP contribution in [0.25, 0.3) is 0 Å². The van der Waals surface area contributed by atoms with Gasteiger partial charge in [-0.2, -0.15) is 4.31 Å². The number of nitrogens with zero attached hydrogens (tertiary/aromatic N) is 2. The van der Waals surface area contributed by atoms with Gasteiger partial charge in [-0.3, -0.25) is 4.90 Å². The number of aliphatic hydroxyl groups is 1. The fraction of sp³-hybridized carbons (Fsp3) is 0.500. The van der Waals surface area contributed by atoms with Crippen LogP contribution in [0.5, 0.6) is 0 Å². The Labute approximate surface area is 116 Å². The van der Waals surface area contributed by atoms with Crippen LogP contribution >= 0.6 is 0 Å². The van der Waals surface area contributed by atoms with Crippen molar-refractivity contribution in [3.8, 4) is 0 Å². The summed E-state index contributed by atoms with van der Waals surface area (Å²) in [5.41, 5.74) is 0. The molecule has 2 rings (SSSR count). The number of hydrogen-bond donors (Lipinski definition) is 1. The molecule has 0 aromatic heterocycles. The van der Waals surface area contributed by atoms with Gasteiger partial charge < -0.3 is 5.11 Å². The predicted octanol–water partition coefficient (Wildman–Crippen LogP) is 0.263. The Morgan fingerprint density at radius 3 is 2.10 bits per heavy atom. The molecule has 1 fully saturated rings. The summed E-state index contributed by atoms with van der Waals surface area (Å²) >= 11 is 0. The summed E-state index contributed by atoms with van der Waals surface area (Å²) in [4.78, 5) is 1.56. The number of halogens is 2. The maximum atomic E-state index is 13.1. The van der Waals surface area contributed by atoms with Crippen LogP contribution in [-0.4, -0.2) is 62.1 Å². The largest absolute Gasteiger partial charge is 0.395 e. The molecule has 5 nitrogen and oxygen atoms in total. The molecule has 0 aliphatic carbocycles. The number of rotatable bonds is 4. The average molecular weight is 306 g/mol. The van der Waals surface area contributed by atoms with Gasteiger partial charge in [0, 0.05) is 38.8 Å². The normalized spacial score (nSPS) is 18.4. The van der Waals surface area contributed by atoms with Crippen molar-refractivity contribution in [1.82, 2.24) is 9.21 Å². The lowest BCUT2D eigenvalue weighted by Crippen LogP contribution is -2.49. The topological polar surface area (TPSA) is 60.9 Å². The summed E-state index contributed by atoms with van der Waals surface area (Å²) in [6.07, 6.45) is 0. The quantitative estimate of drug-likeness (QED) is 0.867. The van der Waals surface area contributed by atoms with E-state index >= 15 is 0 Å². The molecule has 1 N–H and O–H groups in total. The van der Waals surface area contributed by atoms with E-state index < -0.39 is 21.7 Å². The van der Waals surface area contributed by atoms with Gasteiger partial charge in [0.1, 0.15) is 11.6 Å². The number of β-amino-alcohol motifs (C(OH)–C–C–N with tert-alkyl or cyclic N) is 1. The van der Waals surface area contributed by atoms with Gasteiger partial charge in [0.2, 0.25) is 10.0 Å². The SMILES string of the molecule is O=S(=O)(c1cc(F)cc(F)c1)N1CCN(CCO)CC1. The molecule has 0 amide bonds. The molecule has 8 heteroatoms. The molecular weight excluding hydrogens is 290 g/mol. The second-order valence-electron chi connectivity index (χ2n) is 4.57. The minimum Gasteiger partial charge on any atom is -0.395 e. The Bertz CT molecular complexity index is 552. The first-order chi connectivity index (χ1) is 9.43. The number of aliphatic hydroxyl groups excluding tert-OH is 1. The van der Waals surface area contributed by atoms with E-state index in [2.05, 4.69) is 0 Å². The van der Waals surface area contributed by atoms with Crippen LogP contribution in [0.4, 0.5) is 8.78 Å². The monoisotopic (exact) mass is 306 g/mol. The van der Waals surface area contributed by atoms with E-state index in [1.165, 1.54) is 4.31 Å². The number of hydrogen-bond acceptors (Lipinski definition) is 4. The molecule has 1 aromatic rings. The summed E-state index contributed by atoms with van der Waals surface area (Å²) in [5, 5.41) is 8.83. The van der Waals surface area contributed by atoms with Crippen LogP contribution in [0.15, 0.2) is 23.1 Å². The molecule has 0 unspecified atom stereocenters. The molecule has 0 radical (unpaired) electrons. The second kappa shape index (κ2) is 6.13. The highest BCUT2D eigenvalue weighted by molar-refractivity contribution is 7.89. The molecular formula is C12H16F2N2O3S. The first-order valence-corrected chi connectivity index (χ1v) is 7.67. The van der Waals surface area contributed by atoms with Gasteiger partial charge in [-0.25, -0.2) is 17.2 Å². The highest BCUT2D eigenvalue weighted by Gasteiger charge is 2.29. The Balaban J connectivity index is 2.15. The Morgan fingerprint density at radius 2 is 1.60 bits per heavy atom. The Hall–Kier alpha value is -1.09. The van der Waals surface area contributed by atoms with E-state index in [4.69, 9.17) is 5.11 Å². The van der Waals surface area contributed by atoms with Crippen molar-refractivity contribution in [2.75, 3.05) is 39.3 Å². The summed E-state index contributed by atoms with van der Waals surface area (Å²) in [7, 11) is -3.88. The van der Waals surface area contributed by atoms with E-state index in [0.29, 0.717) is 25.7 Å². The van der Waals surface area contributed by atoms with Gasteiger partial charge >= 0.3 is 0 Å². The van der Waals surface area contributed by atoms with Crippen LogP contribution in [0.3, 0.4) is 0 Å². The van der Waals surface area contributed by atoms with E-state index in [1.54, 1.807) is 0 Å². The van der Waals surface area contributed by atoms with Crippen molar-refractivity contribution in [3.63, 3.8) is 0 Å². The first kappa shape index (κ1) is 15.3. The van der Waals surface area contributed by atoms with Gasteiger partial charge in [-0.1, -0.05) is 0 Å².